The van der Waals surface area contributed by atoms with Crippen LogP contribution in [0.3, 0.4) is 0 Å². The fraction of sp³-hybridized carbons (Fsp3) is 1.00. The van der Waals surface area contributed by atoms with E-state index < -0.39 is 0 Å². The van der Waals surface area contributed by atoms with Gasteiger partial charge in [-0.1, -0.05) is 27.7 Å². The zero-order valence-electron chi connectivity index (χ0n) is 12.1. The molecule has 0 spiro atoms. The highest BCUT2D eigenvalue weighted by molar-refractivity contribution is 4.69. The smallest absolute Gasteiger partial charge is 0.00194 e. The summed E-state index contributed by atoms with van der Waals surface area (Å²) < 4.78 is 0. The summed E-state index contributed by atoms with van der Waals surface area (Å²) in [6.07, 6.45) is 5.03. The third-order valence-electron chi connectivity index (χ3n) is 3.30. The van der Waals surface area contributed by atoms with E-state index in [2.05, 4.69) is 39.6 Å². The van der Waals surface area contributed by atoms with Crippen LogP contribution >= 0.6 is 0 Å². The summed E-state index contributed by atoms with van der Waals surface area (Å²) in [6, 6.07) is 0. The molecule has 0 saturated carbocycles. The van der Waals surface area contributed by atoms with Gasteiger partial charge in [-0.2, -0.15) is 0 Å². The minimum atomic E-state index is 0.424. The van der Waals surface area contributed by atoms with Gasteiger partial charge in [0.15, 0.2) is 0 Å². The normalized spacial score (nSPS) is 12.8. The molecular formula is C14H32N2. The van der Waals surface area contributed by atoms with Crippen LogP contribution in [-0.4, -0.2) is 31.6 Å². The topological polar surface area (TPSA) is 29.3 Å². The lowest BCUT2D eigenvalue weighted by Crippen LogP contribution is -2.24. The molecule has 0 aliphatic heterocycles. The molecule has 0 aromatic heterocycles. The number of rotatable bonds is 9. The van der Waals surface area contributed by atoms with Gasteiger partial charge in [-0.25, -0.2) is 0 Å². The van der Waals surface area contributed by atoms with Gasteiger partial charge in [-0.05, 0) is 63.7 Å². The van der Waals surface area contributed by atoms with Crippen molar-refractivity contribution in [3.05, 3.63) is 0 Å². The van der Waals surface area contributed by atoms with E-state index in [1.807, 2.05) is 0 Å². The third kappa shape index (κ3) is 9.17. The van der Waals surface area contributed by atoms with Gasteiger partial charge in [-0.15, -0.1) is 0 Å². The largest absolute Gasteiger partial charge is 0.330 e. The van der Waals surface area contributed by atoms with Crippen LogP contribution < -0.4 is 5.73 Å². The average Bonchev–Trinajstić information content (AvgIpc) is 2.14. The predicted molar refractivity (Wildman–Crippen MR) is 73.6 cm³/mol. The van der Waals surface area contributed by atoms with Crippen molar-refractivity contribution in [2.45, 2.75) is 53.4 Å². The molecule has 0 saturated heterocycles. The van der Waals surface area contributed by atoms with Crippen molar-refractivity contribution in [2.24, 2.45) is 17.1 Å². The lowest BCUT2D eigenvalue weighted by molar-refractivity contribution is 0.255. The second-order valence-corrected chi connectivity index (χ2v) is 6.29. The highest BCUT2D eigenvalue weighted by Gasteiger charge is 2.16. The van der Waals surface area contributed by atoms with Crippen molar-refractivity contribution in [1.29, 1.82) is 0 Å². The molecule has 0 radical (unpaired) electrons. The first-order valence-corrected chi connectivity index (χ1v) is 6.76. The first-order chi connectivity index (χ1) is 7.37. The highest BCUT2D eigenvalue weighted by Crippen LogP contribution is 2.25. The monoisotopic (exact) mass is 228 g/mol. The molecule has 0 atom stereocenters. The SMILES string of the molecule is CC(C)CCN(C)CCCC(C)(C)CCN. The lowest BCUT2D eigenvalue weighted by atomic mass is 9.84. The fourth-order valence-corrected chi connectivity index (χ4v) is 1.93. The molecule has 0 heterocycles. The maximum atomic E-state index is 5.62. The van der Waals surface area contributed by atoms with E-state index in [4.69, 9.17) is 5.73 Å². The van der Waals surface area contributed by atoms with E-state index in [9.17, 15) is 0 Å². The van der Waals surface area contributed by atoms with Gasteiger partial charge < -0.3 is 10.6 Å². The second-order valence-electron chi connectivity index (χ2n) is 6.29. The summed E-state index contributed by atoms with van der Waals surface area (Å²) in [4.78, 5) is 2.46. The fourth-order valence-electron chi connectivity index (χ4n) is 1.93. The van der Waals surface area contributed by atoms with Crippen molar-refractivity contribution in [1.82, 2.24) is 4.90 Å². The molecule has 0 aromatic carbocycles. The summed E-state index contributed by atoms with van der Waals surface area (Å²) >= 11 is 0. The molecule has 0 unspecified atom stereocenters. The minimum absolute atomic E-state index is 0.424. The van der Waals surface area contributed by atoms with Crippen molar-refractivity contribution in [3.8, 4) is 0 Å². The summed E-state index contributed by atoms with van der Waals surface area (Å²) in [5.74, 6) is 0.816. The summed E-state index contributed by atoms with van der Waals surface area (Å²) in [5.41, 5.74) is 6.04. The van der Waals surface area contributed by atoms with Crippen LogP contribution in [0, 0.1) is 11.3 Å². The van der Waals surface area contributed by atoms with Crippen LogP contribution in [0.5, 0.6) is 0 Å². The zero-order chi connectivity index (χ0) is 12.6. The maximum Gasteiger partial charge on any atom is -0.00194 e. The van der Waals surface area contributed by atoms with Gasteiger partial charge in [0.2, 0.25) is 0 Å². The van der Waals surface area contributed by atoms with Gasteiger partial charge >= 0.3 is 0 Å². The Balaban J connectivity index is 3.57. The van der Waals surface area contributed by atoms with Crippen LogP contribution in [-0.2, 0) is 0 Å². The Labute approximate surface area is 103 Å². The lowest BCUT2D eigenvalue weighted by Gasteiger charge is -2.25. The molecule has 2 N–H and O–H groups in total. The molecule has 0 aromatic rings. The van der Waals surface area contributed by atoms with Crippen LogP contribution in [0.4, 0.5) is 0 Å². The van der Waals surface area contributed by atoms with Gasteiger partial charge in [0.05, 0.1) is 0 Å². The summed E-state index contributed by atoms with van der Waals surface area (Å²) in [6.45, 7) is 12.5. The number of nitrogens with two attached hydrogens (primary N) is 1. The van der Waals surface area contributed by atoms with Crippen molar-refractivity contribution in [2.75, 3.05) is 26.7 Å². The third-order valence-corrected chi connectivity index (χ3v) is 3.30. The Hall–Kier alpha value is -0.0800. The van der Waals surface area contributed by atoms with Crippen molar-refractivity contribution < 1.29 is 0 Å². The first kappa shape index (κ1) is 15.9. The van der Waals surface area contributed by atoms with Crippen LogP contribution in [0.2, 0.25) is 0 Å². The van der Waals surface area contributed by atoms with E-state index in [-0.39, 0.29) is 0 Å². The first-order valence-electron chi connectivity index (χ1n) is 6.76. The van der Waals surface area contributed by atoms with Gasteiger partial charge in [0.1, 0.15) is 0 Å². The van der Waals surface area contributed by atoms with E-state index in [1.54, 1.807) is 0 Å². The molecule has 0 aliphatic carbocycles. The molecule has 0 rings (SSSR count). The molecular weight excluding hydrogens is 196 g/mol. The van der Waals surface area contributed by atoms with E-state index in [0.717, 1.165) is 18.9 Å². The predicted octanol–water partition coefficient (Wildman–Crippen LogP) is 3.12. The quantitative estimate of drug-likeness (QED) is 0.657. The van der Waals surface area contributed by atoms with E-state index >= 15 is 0 Å². The second kappa shape index (κ2) is 8.08. The van der Waals surface area contributed by atoms with E-state index in [0.29, 0.717) is 5.41 Å². The Kier molecular flexibility index (Phi) is 8.04. The summed E-state index contributed by atoms with van der Waals surface area (Å²) in [7, 11) is 2.23. The average molecular weight is 228 g/mol. The van der Waals surface area contributed by atoms with Gasteiger partial charge in [-0.3, -0.25) is 0 Å². The maximum absolute atomic E-state index is 5.62. The van der Waals surface area contributed by atoms with Crippen molar-refractivity contribution >= 4 is 0 Å². The Bertz CT molecular complexity index is 164. The molecule has 2 nitrogen and oxygen atoms in total. The Morgan fingerprint density at radius 1 is 1.12 bits per heavy atom. The Morgan fingerprint density at radius 2 is 1.75 bits per heavy atom. The molecule has 0 bridgehead atoms. The number of nitrogens with zero attached hydrogens (tertiary/aromatic N) is 1. The van der Waals surface area contributed by atoms with Gasteiger partial charge in [0.25, 0.3) is 0 Å². The Morgan fingerprint density at radius 3 is 2.25 bits per heavy atom. The molecule has 0 amide bonds. The molecule has 16 heavy (non-hydrogen) atoms. The van der Waals surface area contributed by atoms with Gasteiger partial charge in [0, 0.05) is 0 Å². The van der Waals surface area contributed by atoms with Crippen LogP contribution in [0.25, 0.3) is 0 Å². The zero-order valence-corrected chi connectivity index (χ0v) is 12.1. The van der Waals surface area contributed by atoms with Crippen LogP contribution in [0.15, 0.2) is 0 Å². The van der Waals surface area contributed by atoms with E-state index in [1.165, 1.54) is 32.4 Å². The number of hydrogen-bond donors (Lipinski definition) is 1. The van der Waals surface area contributed by atoms with Crippen LogP contribution in [0.1, 0.15) is 53.4 Å². The highest BCUT2D eigenvalue weighted by atomic mass is 15.1. The molecule has 0 fully saturated rings. The molecule has 98 valence electrons. The minimum Gasteiger partial charge on any atom is -0.330 e. The standard InChI is InChI=1S/C14H32N2/c1-13(2)7-12-16(5)11-6-8-14(3,4)9-10-15/h13H,6-12,15H2,1-5H3. The summed E-state index contributed by atoms with van der Waals surface area (Å²) in [5, 5.41) is 0. The van der Waals surface area contributed by atoms with Crippen molar-refractivity contribution in [3.63, 3.8) is 0 Å². The number of hydrogen-bond acceptors (Lipinski definition) is 2. The molecule has 2 heteroatoms. The molecule has 0 aliphatic rings.